The monoisotopic (exact) mass is 284 g/mol. The van der Waals surface area contributed by atoms with Crippen molar-refractivity contribution >= 4 is 5.91 Å². The van der Waals surface area contributed by atoms with Crippen LogP contribution in [0.5, 0.6) is 0 Å². The summed E-state index contributed by atoms with van der Waals surface area (Å²) in [6.07, 6.45) is 8.86. The van der Waals surface area contributed by atoms with Crippen LogP contribution in [0.1, 0.15) is 36.4 Å². The van der Waals surface area contributed by atoms with Gasteiger partial charge in [-0.05, 0) is 43.0 Å². The Kier molecular flexibility index (Phi) is 4.28. The summed E-state index contributed by atoms with van der Waals surface area (Å²) in [6, 6.07) is 5.95. The summed E-state index contributed by atoms with van der Waals surface area (Å²) in [7, 11) is 0. The number of carbonyl (C=O) groups excluding carboxylic acids is 1. The number of hydrogen-bond acceptors (Lipinski definition) is 3. The summed E-state index contributed by atoms with van der Waals surface area (Å²) < 4.78 is 0. The van der Waals surface area contributed by atoms with Crippen LogP contribution < -0.4 is 0 Å². The van der Waals surface area contributed by atoms with E-state index in [-0.39, 0.29) is 5.91 Å². The maximum Gasteiger partial charge on any atom is 0.222 e. The number of aromatic nitrogens is 3. The van der Waals surface area contributed by atoms with Crippen LogP contribution in [-0.4, -0.2) is 39.1 Å². The highest BCUT2D eigenvalue weighted by atomic mass is 16.2. The lowest BCUT2D eigenvalue weighted by molar-refractivity contribution is -0.132. The molecule has 21 heavy (non-hydrogen) atoms. The van der Waals surface area contributed by atoms with Crippen molar-refractivity contribution in [2.45, 2.75) is 31.6 Å². The lowest BCUT2D eigenvalue weighted by Gasteiger charge is -2.32. The molecule has 110 valence electrons. The molecule has 2 aromatic heterocycles. The van der Waals surface area contributed by atoms with Gasteiger partial charge in [0.1, 0.15) is 0 Å². The minimum absolute atomic E-state index is 0.246. The Labute approximate surface area is 124 Å². The van der Waals surface area contributed by atoms with Crippen molar-refractivity contribution in [3.63, 3.8) is 0 Å². The second-order valence-electron chi connectivity index (χ2n) is 5.55. The van der Waals surface area contributed by atoms with Crippen molar-refractivity contribution < 1.29 is 4.79 Å². The zero-order chi connectivity index (χ0) is 14.5. The molecule has 2 aromatic rings. The number of piperidine rings is 1. The van der Waals surface area contributed by atoms with Gasteiger partial charge in [-0.3, -0.25) is 14.9 Å². The molecule has 1 amide bonds. The predicted molar refractivity (Wildman–Crippen MR) is 79.7 cm³/mol. The predicted octanol–water partition coefficient (Wildman–Crippen LogP) is 2.14. The second-order valence-corrected chi connectivity index (χ2v) is 5.55. The van der Waals surface area contributed by atoms with E-state index in [2.05, 4.69) is 15.2 Å². The molecule has 0 aromatic carbocycles. The average Bonchev–Trinajstić information content (AvgIpc) is 3.08. The fourth-order valence-electron chi connectivity index (χ4n) is 2.91. The molecule has 5 heteroatoms. The fourth-order valence-corrected chi connectivity index (χ4v) is 2.91. The summed E-state index contributed by atoms with van der Waals surface area (Å²) in [4.78, 5) is 18.4. The third-order valence-corrected chi connectivity index (χ3v) is 4.11. The number of nitrogens with one attached hydrogen (secondary N) is 1. The van der Waals surface area contributed by atoms with Crippen LogP contribution in [-0.2, 0) is 11.2 Å². The lowest BCUT2D eigenvalue weighted by atomic mass is 9.94. The van der Waals surface area contributed by atoms with Crippen molar-refractivity contribution in [1.82, 2.24) is 20.1 Å². The molecule has 1 fully saturated rings. The number of pyridine rings is 1. The van der Waals surface area contributed by atoms with Gasteiger partial charge in [0.15, 0.2) is 0 Å². The van der Waals surface area contributed by atoms with E-state index >= 15 is 0 Å². The molecule has 0 radical (unpaired) electrons. The minimum Gasteiger partial charge on any atom is -0.342 e. The highest BCUT2D eigenvalue weighted by Crippen LogP contribution is 2.25. The highest BCUT2D eigenvalue weighted by molar-refractivity contribution is 5.76. The normalized spacial score (nSPS) is 18.7. The highest BCUT2D eigenvalue weighted by Gasteiger charge is 2.25. The molecular formula is C16H20N4O. The maximum atomic E-state index is 12.4. The van der Waals surface area contributed by atoms with Gasteiger partial charge in [0.25, 0.3) is 0 Å². The van der Waals surface area contributed by atoms with Crippen LogP contribution in [0, 0.1) is 0 Å². The quantitative estimate of drug-likeness (QED) is 0.935. The maximum absolute atomic E-state index is 12.4. The average molecular weight is 284 g/mol. The van der Waals surface area contributed by atoms with Crippen LogP contribution >= 0.6 is 0 Å². The molecule has 1 N–H and O–H groups in total. The number of carbonyl (C=O) groups is 1. The Hall–Kier alpha value is -2.17. The Morgan fingerprint density at radius 3 is 2.90 bits per heavy atom. The number of aromatic amines is 1. The third-order valence-electron chi connectivity index (χ3n) is 4.11. The number of likely N-dealkylation sites (tertiary alicyclic amines) is 1. The van der Waals surface area contributed by atoms with Gasteiger partial charge in [-0.2, -0.15) is 5.10 Å². The third kappa shape index (κ3) is 3.48. The van der Waals surface area contributed by atoms with Crippen molar-refractivity contribution in [3.05, 3.63) is 48.0 Å². The SMILES string of the molecule is O=C(CCc1ccncc1)N1CCC[C@@H](c2ccn[nH]2)C1. The Balaban J connectivity index is 1.55. The van der Waals surface area contributed by atoms with Gasteiger partial charge in [0.05, 0.1) is 0 Å². The summed E-state index contributed by atoms with van der Waals surface area (Å²) in [5, 5.41) is 7.04. The van der Waals surface area contributed by atoms with Crippen LogP contribution in [0.2, 0.25) is 0 Å². The Morgan fingerprint density at radius 1 is 1.29 bits per heavy atom. The van der Waals surface area contributed by atoms with Gasteiger partial charge in [-0.15, -0.1) is 0 Å². The van der Waals surface area contributed by atoms with Crippen LogP contribution in [0.3, 0.4) is 0 Å². The minimum atomic E-state index is 0.246. The standard InChI is InChI=1S/C16H20N4O/c21-16(4-3-13-5-8-17-9-6-13)20-11-1-2-14(12-20)15-7-10-18-19-15/h5-10,14H,1-4,11-12H2,(H,18,19)/t14-/m1/s1. The largest absolute Gasteiger partial charge is 0.342 e. The second kappa shape index (κ2) is 6.52. The lowest BCUT2D eigenvalue weighted by Crippen LogP contribution is -2.39. The fraction of sp³-hybridized carbons (Fsp3) is 0.438. The van der Waals surface area contributed by atoms with E-state index in [4.69, 9.17) is 0 Å². The van der Waals surface area contributed by atoms with Gasteiger partial charge in [0.2, 0.25) is 5.91 Å². The van der Waals surface area contributed by atoms with Gasteiger partial charge in [0, 0.05) is 49.7 Å². The van der Waals surface area contributed by atoms with E-state index in [9.17, 15) is 4.79 Å². The number of rotatable bonds is 4. The molecule has 1 saturated heterocycles. The topological polar surface area (TPSA) is 61.9 Å². The Morgan fingerprint density at radius 2 is 2.14 bits per heavy atom. The summed E-state index contributed by atoms with van der Waals surface area (Å²) in [5.74, 6) is 0.641. The summed E-state index contributed by atoms with van der Waals surface area (Å²) in [6.45, 7) is 1.68. The summed E-state index contributed by atoms with van der Waals surface area (Å²) in [5.41, 5.74) is 2.31. The molecule has 0 unspecified atom stereocenters. The van der Waals surface area contributed by atoms with Crippen molar-refractivity contribution in [2.75, 3.05) is 13.1 Å². The van der Waals surface area contributed by atoms with E-state index in [1.54, 1.807) is 18.6 Å². The van der Waals surface area contributed by atoms with Crippen LogP contribution in [0.15, 0.2) is 36.8 Å². The van der Waals surface area contributed by atoms with E-state index in [1.165, 1.54) is 5.56 Å². The summed E-state index contributed by atoms with van der Waals surface area (Å²) >= 11 is 0. The molecule has 3 heterocycles. The first kappa shape index (κ1) is 13.8. The molecule has 0 spiro atoms. The Bertz CT molecular complexity index is 567. The first-order valence-corrected chi connectivity index (χ1v) is 7.49. The van der Waals surface area contributed by atoms with Crippen LogP contribution in [0.4, 0.5) is 0 Å². The van der Waals surface area contributed by atoms with E-state index in [0.717, 1.165) is 38.0 Å². The smallest absolute Gasteiger partial charge is 0.222 e. The molecule has 3 rings (SSSR count). The van der Waals surface area contributed by atoms with Crippen LogP contribution in [0.25, 0.3) is 0 Å². The van der Waals surface area contributed by atoms with Gasteiger partial charge >= 0.3 is 0 Å². The first-order chi connectivity index (χ1) is 10.3. The van der Waals surface area contributed by atoms with Crippen molar-refractivity contribution in [2.24, 2.45) is 0 Å². The zero-order valence-electron chi connectivity index (χ0n) is 12.0. The molecule has 5 nitrogen and oxygen atoms in total. The molecule has 1 aliphatic rings. The number of H-pyrrole nitrogens is 1. The molecule has 1 aliphatic heterocycles. The van der Waals surface area contributed by atoms with Crippen molar-refractivity contribution in [3.8, 4) is 0 Å². The number of hydrogen-bond donors (Lipinski definition) is 1. The number of nitrogens with zero attached hydrogens (tertiary/aromatic N) is 3. The van der Waals surface area contributed by atoms with E-state index < -0.39 is 0 Å². The zero-order valence-corrected chi connectivity index (χ0v) is 12.0. The van der Waals surface area contributed by atoms with Gasteiger partial charge in [-0.25, -0.2) is 0 Å². The van der Waals surface area contributed by atoms with E-state index in [0.29, 0.717) is 12.3 Å². The molecule has 0 bridgehead atoms. The molecule has 0 aliphatic carbocycles. The molecule has 0 saturated carbocycles. The van der Waals surface area contributed by atoms with Gasteiger partial charge < -0.3 is 4.90 Å². The van der Waals surface area contributed by atoms with Crippen molar-refractivity contribution in [1.29, 1.82) is 0 Å². The number of aryl methyl sites for hydroxylation is 1. The van der Waals surface area contributed by atoms with Gasteiger partial charge in [-0.1, -0.05) is 0 Å². The molecular weight excluding hydrogens is 264 g/mol. The number of amides is 1. The molecule has 1 atom stereocenters. The van der Waals surface area contributed by atoms with E-state index in [1.807, 2.05) is 23.1 Å². The first-order valence-electron chi connectivity index (χ1n) is 7.49.